The first kappa shape index (κ1) is 14.8. The summed E-state index contributed by atoms with van der Waals surface area (Å²) in [5.41, 5.74) is 7.68. The van der Waals surface area contributed by atoms with Gasteiger partial charge in [0.2, 0.25) is 0 Å². The molecule has 0 aliphatic rings. The van der Waals surface area contributed by atoms with Gasteiger partial charge in [0.25, 0.3) is 0 Å². The minimum Gasteiger partial charge on any atom is -0.489 e. The Hall–Kier alpha value is -2.64. The first-order valence-corrected chi connectivity index (χ1v) is 6.78. The number of nitriles is 1. The van der Waals surface area contributed by atoms with Crippen LogP contribution in [-0.4, -0.2) is 4.99 Å². The second-order valence-electron chi connectivity index (χ2n) is 4.38. The minimum atomic E-state index is 0.0908. The lowest BCUT2D eigenvalue weighted by molar-refractivity contribution is 0.306. The Morgan fingerprint density at radius 1 is 1.19 bits per heavy atom. The van der Waals surface area contributed by atoms with E-state index < -0.39 is 0 Å². The van der Waals surface area contributed by atoms with Crippen LogP contribution in [0, 0.1) is 11.3 Å². The average Bonchev–Trinajstić information content (AvgIpc) is 2.52. The highest BCUT2D eigenvalue weighted by Gasteiger charge is 2.01. The van der Waals surface area contributed by atoms with Crippen LogP contribution >= 0.6 is 12.2 Å². The van der Waals surface area contributed by atoms with Gasteiger partial charge in [-0.3, -0.25) is 0 Å². The largest absolute Gasteiger partial charge is 0.489 e. The Kier molecular flexibility index (Phi) is 5.08. The van der Waals surface area contributed by atoms with E-state index in [-0.39, 0.29) is 10.6 Å². The number of thiocarbonyl (C=S) groups is 1. The molecule has 0 aliphatic carbocycles. The normalized spacial score (nSPS) is 10.7. The summed E-state index contributed by atoms with van der Waals surface area (Å²) >= 11 is 4.82. The molecule has 2 N–H and O–H groups in total. The van der Waals surface area contributed by atoms with Crippen LogP contribution in [-0.2, 0) is 6.61 Å². The zero-order valence-corrected chi connectivity index (χ0v) is 12.1. The van der Waals surface area contributed by atoms with Crippen molar-refractivity contribution in [3.8, 4) is 11.8 Å². The maximum atomic E-state index is 8.96. The van der Waals surface area contributed by atoms with Gasteiger partial charge < -0.3 is 10.5 Å². The predicted molar refractivity (Wildman–Crippen MR) is 87.6 cm³/mol. The standard InChI is InChI=1S/C17H14N2OS/c18-11-15(17(19)21)9-14-7-4-8-16(10-14)20-12-13-5-2-1-3-6-13/h1-10H,12H2,(H2,19,21)/b15-9-. The highest BCUT2D eigenvalue weighted by Crippen LogP contribution is 2.17. The fraction of sp³-hybridized carbons (Fsp3) is 0.0588. The van der Waals surface area contributed by atoms with Crippen molar-refractivity contribution < 1.29 is 4.74 Å². The number of hydrogen-bond donors (Lipinski definition) is 1. The number of hydrogen-bond acceptors (Lipinski definition) is 3. The average molecular weight is 294 g/mol. The van der Waals surface area contributed by atoms with Crippen LogP contribution in [0.25, 0.3) is 6.08 Å². The van der Waals surface area contributed by atoms with E-state index in [9.17, 15) is 0 Å². The molecule has 2 aromatic carbocycles. The smallest absolute Gasteiger partial charge is 0.120 e. The van der Waals surface area contributed by atoms with Crippen LogP contribution in [0.15, 0.2) is 60.2 Å². The minimum absolute atomic E-state index is 0.0908. The highest BCUT2D eigenvalue weighted by molar-refractivity contribution is 7.80. The molecule has 0 fully saturated rings. The number of rotatable bonds is 5. The molecule has 0 saturated carbocycles. The zero-order valence-electron chi connectivity index (χ0n) is 11.3. The third-order valence-corrected chi connectivity index (χ3v) is 3.02. The molecule has 0 spiro atoms. The summed E-state index contributed by atoms with van der Waals surface area (Å²) in [7, 11) is 0. The second kappa shape index (κ2) is 7.22. The van der Waals surface area contributed by atoms with Gasteiger partial charge in [0.05, 0.1) is 5.57 Å². The monoisotopic (exact) mass is 294 g/mol. The summed E-state index contributed by atoms with van der Waals surface area (Å²) in [6, 6.07) is 19.3. The molecule has 0 aliphatic heterocycles. The van der Waals surface area contributed by atoms with Crippen molar-refractivity contribution >= 4 is 23.3 Å². The summed E-state index contributed by atoms with van der Waals surface area (Å²) in [6.07, 6.45) is 1.65. The fourth-order valence-corrected chi connectivity index (χ4v) is 1.86. The van der Waals surface area contributed by atoms with Crippen LogP contribution in [0.4, 0.5) is 0 Å². The Morgan fingerprint density at radius 2 is 1.95 bits per heavy atom. The molecule has 0 amide bonds. The van der Waals surface area contributed by atoms with Crippen molar-refractivity contribution in [1.29, 1.82) is 5.26 Å². The summed E-state index contributed by atoms with van der Waals surface area (Å²) in [6.45, 7) is 0.494. The van der Waals surface area contributed by atoms with Crippen LogP contribution < -0.4 is 10.5 Å². The quantitative estimate of drug-likeness (QED) is 0.521. The Labute approximate surface area is 129 Å². The topological polar surface area (TPSA) is 59.0 Å². The van der Waals surface area contributed by atoms with E-state index in [0.717, 1.165) is 16.9 Å². The van der Waals surface area contributed by atoms with Crippen molar-refractivity contribution in [3.05, 3.63) is 71.3 Å². The number of nitrogens with zero attached hydrogens (tertiary/aromatic N) is 1. The van der Waals surface area contributed by atoms with E-state index in [1.807, 2.05) is 60.7 Å². The van der Waals surface area contributed by atoms with Gasteiger partial charge in [-0.2, -0.15) is 5.26 Å². The van der Waals surface area contributed by atoms with Crippen LogP contribution in [0.1, 0.15) is 11.1 Å². The van der Waals surface area contributed by atoms with E-state index in [2.05, 4.69) is 0 Å². The highest BCUT2D eigenvalue weighted by atomic mass is 32.1. The van der Waals surface area contributed by atoms with Gasteiger partial charge in [0.15, 0.2) is 0 Å². The summed E-state index contributed by atoms with van der Waals surface area (Å²) < 4.78 is 5.73. The molecule has 0 unspecified atom stereocenters. The molecular formula is C17H14N2OS. The number of ether oxygens (including phenoxy) is 1. The van der Waals surface area contributed by atoms with Crippen molar-refractivity contribution in [2.45, 2.75) is 6.61 Å². The van der Waals surface area contributed by atoms with Crippen molar-refractivity contribution in [3.63, 3.8) is 0 Å². The van der Waals surface area contributed by atoms with Gasteiger partial charge in [0.1, 0.15) is 23.4 Å². The van der Waals surface area contributed by atoms with Gasteiger partial charge in [0, 0.05) is 0 Å². The SMILES string of the molecule is N#C/C(=C/c1cccc(OCc2ccccc2)c1)C(N)=S. The third kappa shape index (κ3) is 4.44. The van der Waals surface area contributed by atoms with E-state index in [4.69, 9.17) is 28.0 Å². The summed E-state index contributed by atoms with van der Waals surface area (Å²) in [5.74, 6) is 0.729. The molecule has 0 radical (unpaired) electrons. The van der Waals surface area contributed by atoms with Gasteiger partial charge in [-0.25, -0.2) is 0 Å². The number of benzene rings is 2. The maximum absolute atomic E-state index is 8.96. The molecule has 3 nitrogen and oxygen atoms in total. The van der Waals surface area contributed by atoms with Crippen molar-refractivity contribution in [1.82, 2.24) is 0 Å². The van der Waals surface area contributed by atoms with Gasteiger partial charge in [-0.1, -0.05) is 54.7 Å². The molecule has 0 heterocycles. The molecule has 2 aromatic rings. The van der Waals surface area contributed by atoms with E-state index in [1.165, 1.54) is 0 Å². The summed E-state index contributed by atoms with van der Waals surface area (Å²) in [4.78, 5) is 0.0908. The maximum Gasteiger partial charge on any atom is 0.120 e. The molecule has 0 saturated heterocycles. The van der Waals surface area contributed by atoms with Gasteiger partial charge in [-0.15, -0.1) is 0 Å². The molecule has 0 atom stereocenters. The lowest BCUT2D eigenvalue weighted by Gasteiger charge is -2.07. The van der Waals surface area contributed by atoms with Gasteiger partial charge in [-0.05, 0) is 29.3 Å². The zero-order chi connectivity index (χ0) is 15.1. The number of nitrogens with two attached hydrogens (primary N) is 1. The molecule has 0 bridgehead atoms. The van der Waals surface area contributed by atoms with E-state index >= 15 is 0 Å². The predicted octanol–water partition coefficient (Wildman–Crippen LogP) is 3.46. The molecule has 104 valence electrons. The summed E-state index contributed by atoms with van der Waals surface area (Å²) in [5, 5.41) is 8.96. The third-order valence-electron chi connectivity index (χ3n) is 2.80. The van der Waals surface area contributed by atoms with Crippen LogP contribution in [0.2, 0.25) is 0 Å². The van der Waals surface area contributed by atoms with E-state index in [0.29, 0.717) is 6.61 Å². The second-order valence-corrected chi connectivity index (χ2v) is 4.82. The Balaban J connectivity index is 2.11. The Morgan fingerprint density at radius 3 is 2.62 bits per heavy atom. The van der Waals surface area contributed by atoms with Crippen molar-refractivity contribution in [2.24, 2.45) is 5.73 Å². The van der Waals surface area contributed by atoms with Crippen LogP contribution in [0.5, 0.6) is 5.75 Å². The van der Waals surface area contributed by atoms with Gasteiger partial charge >= 0.3 is 0 Å². The molecule has 4 heteroatoms. The first-order valence-electron chi connectivity index (χ1n) is 6.37. The molecule has 2 rings (SSSR count). The Bertz CT molecular complexity index is 702. The molecule has 0 aromatic heterocycles. The fourth-order valence-electron chi connectivity index (χ4n) is 1.76. The first-order chi connectivity index (χ1) is 10.2. The lowest BCUT2D eigenvalue weighted by Crippen LogP contribution is -2.09. The van der Waals surface area contributed by atoms with Crippen LogP contribution in [0.3, 0.4) is 0 Å². The van der Waals surface area contributed by atoms with E-state index in [1.54, 1.807) is 6.08 Å². The molecule has 21 heavy (non-hydrogen) atoms. The molecular weight excluding hydrogens is 280 g/mol. The lowest BCUT2D eigenvalue weighted by atomic mass is 10.1. The van der Waals surface area contributed by atoms with Crippen molar-refractivity contribution in [2.75, 3.05) is 0 Å².